The zero-order valence-corrected chi connectivity index (χ0v) is 14.9. The summed E-state index contributed by atoms with van der Waals surface area (Å²) in [6.45, 7) is 2.51. The molecule has 3 rings (SSSR count). The van der Waals surface area contributed by atoms with Crippen molar-refractivity contribution < 1.29 is 9.53 Å². The number of aromatic nitrogens is 2. The highest BCUT2D eigenvalue weighted by Gasteiger charge is 2.11. The van der Waals surface area contributed by atoms with E-state index >= 15 is 0 Å². The highest BCUT2D eigenvalue weighted by molar-refractivity contribution is 7.18. The summed E-state index contributed by atoms with van der Waals surface area (Å²) in [5.41, 5.74) is 1.43. The van der Waals surface area contributed by atoms with Gasteiger partial charge in [0.1, 0.15) is 5.75 Å². The van der Waals surface area contributed by atoms with Crippen LogP contribution in [0.4, 0.5) is 15.6 Å². The first-order chi connectivity index (χ1) is 12.2. The van der Waals surface area contributed by atoms with Crippen LogP contribution < -0.4 is 15.4 Å². The maximum atomic E-state index is 12.1. The van der Waals surface area contributed by atoms with Gasteiger partial charge in [-0.25, -0.2) is 4.79 Å². The highest BCUT2D eigenvalue weighted by atomic mass is 35.5. The molecule has 25 heavy (non-hydrogen) atoms. The second-order valence-corrected chi connectivity index (χ2v) is 6.31. The van der Waals surface area contributed by atoms with Crippen molar-refractivity contribution in [1.29, 1.82) is 0 Å². The molecule has 0 radical (unpaired) electrons. The molecule has 0 aliphatic rings. The van der Waals surface area contributed by atoms with E-state index in [2.05, 4.69) is 20.8 Å². The Bertz CT molecular complexity index is 867. The number of benzene rings is 2. The van der Waals surface area contributed by atoms with Crippen molar-refractivity contribution in [3.05, 3.63) is 53.6 Å². The van der Waals surface area contributed by atoms with Gasteiger partial charge in [-0.05, 0) is 37.3 Å². The summed E-state index contributed by atoms with van der Waals surface area (Å²) in [7, 11) is 0. The van der Waals surface area contributed by atoms with Gasteiger partial charge in [-0.1, -0.05) is 41.1 Å². The van der Waals surface area contributed by atoms with Gasteiger partial charge in [-0.3, -0.25) is 5.32 Å². The molecule has 0 saturated carbocycles. The van der Waals surface area contributed by atoms with Crippen LogP contribution in [0.1, 0.15) is 6.92 Å². The lowest BCUT2D eigenvalue weighted by Crippen LogP contribution is -2.19. The number of hydrogen-bond acceptors (Lipinski definition) is 5. The standard InChI is InChI=1S/C17H15ClN4O2S/c1-2-24-12-9-7-11(8-10-12)19-16(23)20-17-22-21-15(25-17)13-5-3-4-6-14(13)18/h3-10H,2H2,1H3,(H2,19,20,22,23). The third-order valence-electron chi connectivity index (χ3n) is 3.17. The lowest BCUT2D eigenvalue weighted by Gasteiger charge is -2.06. The normalized spacial score (nSPS) is 10.3. The highest BCUT2D eigenvalue weighted by Crippen LogP contribution is 2.31. The average Bonchev–Trinajstić information content (AvgIpc) is 3.05. The van der Waals surface area contributed by atoms with Gasteiger partial charge < -0.3 is 10.1 Å². The van der Waals surface area contributed by atoms with E-state index in [1.54, 1.807) is 30.3 Å². The van der Waals surface area contributed by atoms with E-state index in [1.165, 1.54) is 11.3 Å². The van der Waals surface area contributed by atoms with Crippen LogP contribution in [-0.2, 0) is 0 Å². The molecule has 1 aromatic heterocycles. The molecular formula is C17H15ClN4O2S. The van der Waals surface area contributed by atoms with Gasteiger partial charge in [-0.15, -0.1) is 10.2 Å². The maximum Gasteiger partial charge on any atom is 0.325 e. The number of carbonyl (C=O) groups excluding carboxylic acids is 1. The fourth-order valence-corrected chi connectivity index (χ4v) is 3.14. The smallest absolute Gasteiger partial charge is 0.325 e. The minimum absolute atomic E-state index is 0.387. The molecule has 0 aliphatic heterocycles. The fraction of sp³-hybridized carbons (Fsp3) is 0.118. The summed E-state index contributed by atoms with van der Waals surface area (Å²) in [6.07, 6.45) is 0. The molecule has 2 N–H and O–H groups in total. The minimum atomic E-state index is -0.397. The third kappa shape index (κ3) is 4.46. The SMILES string of the molecule is CCOc1ccc(NC(=O)Nc2nnc(-c3ccccc3Cl)s2)cc1. The second-order valence-electron chi connectivity index (χ2n) is 4.93. The molecule has 2 aromatic carbocycles. The molecule has 0 bridgehead atoms. The largest absolute Gasteiger partial charge is 0.494 e. The van der Waals surface area contributed by atoms with Crippen LogP contribution in [0.2, 0.25) is 5.02 Å². The molecule has 2 amide bonds. The Balaban J connectivity index is 1.63. The van der Waals surface area contributed by atoms with Crippen LogP contribution in [0.3, 0.4) is 0 Å². The predicted molar refractivity (Wildman–Crippen MR) is 101 cm³/mol. The Morgan fingerprint density at radius 2 is 1.88 bits per heavy atom. The van der Waals surface area contributed by atoms with E-state index < -0.39 is 6.03 Å². The second kappa shape index (κ2) is 7.96. The summed E-state index contributed by atoms with van der Waals surface area (Å²) in [6, 6.07) is 14.1. The first-order valence-electron chi connectivity index (χ1n) is 7.55. The maximum absolute atomic E-state index is 12.1. The first-order valence-corrected chi connectivity index (χ1v) is 8.74. The molecule has 0 aliphatic carbocycles. The molecule has 1 heterocycles. The molecule has 0 unspecified atom stereocenters. The summed E-state index contributed by atoms with van der Waals surface area (Å²) < 4.78 is 5.36. The summed E-state index contributed by atoms with van der Waals surface area (Å²) in [5.74, 6) is 0.752. The van der Waals surface area contributed by atoms with Gasteiger partial charge in [0, 0.05) is 11.3 Å². The van der Waals surface area contributed by atoms with E-state index in [9.17, 15) is 4.79 Å². The van der Waals surface area contributed by atoms with Crippen molar-refractivity contribution in [2.45, 2.75) is 6.92 Å². The average molecular weight is 375 g/mol. The van der Waals surface area contributed by atoms with E-state index in [-0.39, 0.29) is 0 Å². The van der Waals surface area contributed by atoms with Crippen LogP contribution in [0.5, 0.6) is 5.75 Å². The molecular weight excluding hydrogens is 360 g/mol. The van der Waals surface area contributed by atoms with Gasteiger partial charge in [-0.2, -0.15) is 0 Å². The van der Waals surface area contributed by atoms with Crippen molar-refractivity contribution in [3.63, 3.8) is 0 Å². The number of halogens is 1. The van der Waals surface area contributed by atoms with Crippen LogP contribution in [0, 0.1) is 0 Å². The number of nitrogens with zero attached hydrogens (tertiary/aromatic N) is 2. The summed E-state index contributed by atoms with van der Waals surface area (Å²) in [5, 5.41) is 15.0. The number of amides is 2. The van der Waals surface area contributed by atoms with Gasteiger partial charge in [0.15, 0.2) is 5.01 Å². The van der Waals surface area contributed by atoms with Gasteiger partial charge in [0.2, 0.25) is 5.13 Å². The molecule has 0 atom stereocenters. The van der Waals surface area contributed by atoms with Crippen LogP contribution in [0.25, 0.3) is 10.6 Å². The number of urea groups is 1. The quantitative estimate of drug-likeness (QED) is 0.665. The Morgan fingerprint density at radius 1 is 1.12 bits per heavy atom. The Morgan fingerprint density at radius 3 is 2.60 bits per heavy atom. The van der Waals surface area contributed by atoms with E-state index in [0.29, 0.717) is 27.5 Å². The van der Waals surface area contributed by atoms with Crippen molar-refractivity contribution in [2.24, 2.45) is 0 Å². The lowest BCUT2D eigenvalue weighted by atomic mass is 10.2. The molecule has 0 saturated heterocycles. The zero-order chi connectivity index (χ0) is 17.6. The van der Waals surface area contributed by atoms with Crippen LogP contribution >= 0.6 is 22.9 Å². The third-order valence-corrected chi connectivity index (χ3v) is 4.37. The number of carbonyl (C=O) groups is 1. The minimum Gasteiger partial charge on any atom is -0.494 e. The molecule has 0 spiro atoms. The number of nitrogens with one attached hydrogen (secondary N) is 2. The summed E-state index contributed by atoms with van der Waals surface area (Å²) in [4.78, 5) is 12.1. The topological polar surface area (TPSA) is 76.1 Å². The monoisotopic (exact) mass is 374 g/mol. The van der Waals surface area contributed by atoms with Gasteiger partial charge in [0.05, 0.1) is 11.6 Å². The van der Waals surface area contributed by atoms with Crippen molar-refractivity contribution in [2.75, 3.05) is 17.2 Å². The molecule has 0 fully saturated rings. The van der Waals surface area contributed by atoms with Crippen molar-refractivity contribution >= 4 is 39.8 Å². The first kappa shape index (κ1) is 17.2. The fourth-order valence-electron chi connectivity index (χ4n) is 2.08. The molecule has 128 valence electrons. The van der Waals surface area contributed by atoms with Gasteiger partial charge >= 0.3 is 6.03 Å². The molecule has 6 nitrogen and oxygen atoms in total. The van der Waals surface area contributed by atoms with Crippen molar-refractivity contribution in [1.82, 2.24) is 10.2 Å². The Labute approximate surface area is 153 Å². The Hall–Kier alpha value is -2.64. The molecule has 3 aromatic rings. The van der Waals surface area contributed by atoms with Crippen molar-refractivity contribution in [3.8, 4) is 16.3 Å². The number of ether oxygens (including phenoxy) is 1. The Kier molecular flexibility index (Phi) is 5.47. The zero-order valence-electron chi connectivity index (χ0n) is 13.3. The van der Waals surface area contributed by atoms with E-state index in [4.69, 9.17) is 16.3 Å². The van der Waals surface area contributed by atoms with E-state index in [1.807, 2.05) is 25.1 Å². The van der Waals surface area contributed by atoms with E-state index in [0.717, 1.165) is 11.3 Å². The summed E-state index contributed by atoms with van der Waals surface area (Å²) >= 11 is 7.39. The number of rotatable bonds is 5. The molecule has 8 heteroatoms. The number of hydrogen-bond donors (Lipinski definition) is 2. The van der Waals surface area contributed by atoms with Crippen LogP contribution in [-0.4, -0.2) is 22.8 Å². The van der Waals surface area contributed by atoms with Gasteiger partial charge in [0.25, 0.3) is 0 Å². The predicted octanol–water partition coefficient (Wildman–Crippen LogP) is 4.90. The lowest BCUT2D eigenvalue weighted by molar-refractivity contribution is 0.262. The number of anilines is 2. The van der Waals surface area contributed by atoms with Crippen LogP contribution in [0.15, 0.2) is 48.5 Å².